The number of hydrogen-bond donors (Lipinski definition) is 0. The van der Waals surface area contributed by atoms with Gasteiger partial charge in [-0.25, -0.2) is 0 Å². The Morgan fingerprint density at radius 3 is 2.28 bits per heavy atom. The topological polar surface area (TPSA) is 48.0 Å². The molecule has 0 radical (unpaired) electrons. The van der Waals surface area contributed by atoms with Crippen molar-refractivity contribution in [3.8, 4) is 17.2 Å². The van der Waals surface area contributed by atoms with Crippen molar-refractivity contribution in [3.63, 3.8) is 0 Å². The summed E-state index contributed by atoms with van der Waals surface area (Å²) >= 11 is 0. The standard InChI is InChI=1S/C20H23NO4/c1-13-16-8-6-5-7-14(16)9-10-21(13)20(22)15-11-17(23-2)19(25-4)18(12-15)24-3/h5-8,11-13H,9-10H2,1-4H3. The van der Waals surface area contributed by atoms with Crippen molar-refractivity contribution in [2.24, 2.45) is 0 Å². The maximum atomic E-state index is 13.1. The molecule has 0 saturated carbocycles. The minimum Gasteiger partial charge on any atom is -0.493 e. The average molecular weight is 341 g/mol. The zero-order chi connectivity index (χ0) is 18.0. The molecule has 1 aliphatic rings. The van der Waals surface area contributed by atoms with Crippen molar-refractivity contribution >= 4 is 5.91 Å². The summed E-state index contributed by atoms with van der Waals surface area (Å²) in [4.78, 5) is 15.0. The molecule has 1 heterocycles. The molecule has 1 aliphatic heterocycles. The highest BCUT2D eigenvalue weighted by Gasteiger charge is 2.29. The summed E-state index contributed by atoms with van der Waals surface area (Å²) in [7, 11) is 4.64. The van der Waals surface area contributed by atoms with Gasteiger partial charge >= 0.3 is 0 Å². The first-order valence-corrected chi connectivity index (χ1v) is 8.29. The van der Waals surface area contributed by atoms with Crippen molar-refractivity contribution in [1.29, 1.82) is 0 Å². The SMILES string of the molecule is COc1cc(C(=O)N2CCc3ccccc3C2C)cc(OC)c1OC. The summed E-state index contributed by atoms with van der Waals surface area (Å²) in [6, 6.07) is 11.7. The van der Waals surface area contributed by atoms with Gasteiger partial charge in [-0.1, -0.05) is 24.3 Å². The van der Waals surface area contributed by atoms with Crippen LogP contribution in [0.2, 0.25) is 0 Å². The van der Waals surface area contributed by atoms with E-state index < -0.39 is 0 Å². The third kappa shape index (κ3) is 3.02. The number of fused-ring (bicyclic) bond motifs is 1. The average Bonchev–Trinajstić information content (AvgIpc) is 2.66. The summed E-state index contributed by atoms with van der Waals surface area (Å²) in [6.45, 7) is 2.75. The molecule has 0 spiro atoms. The summed E-state index contributed by atoms with van der Waals surface area (Å²) < 4.78 is 16.1. The van der Waals surface area contributed by atoms with E-state index in [-0.39, 0.29) is 11.9 Å². The van der Waals surface area contributed by atoms with E-state index in [0.29, 0.717) is 29.4 Å². The highest BCUT2D eigenvalue weighted by atomic mass is 16.5. The van der Waals surface area contributed by atoms with Crippen LogP contribution in [0.4, 0.5) is 0 Å². The molecule has 2 aromatic carbocycles. The van der Waals surface area contributed by atoms with Crippen molar-refractivity contribution in [2.75, 3.05) is 27.9 Å². The Morgan fingerprint density at radius 1 is 1.04 bits per heavy atom. The van der Waals surface area contributed by atoms with Crippen LogP contribution in [0.5, 0.6) is 17.2 Å². The molecule has 0 aliphatic carbocycles. The highest BCUT2D eigenvalue weighted by Crippen LogP contribution is 2.39. The number of carbonyl (C=O) groups is 1. The molecule has 1 unspecified atom stereocenters. The molecule has 1 atom stereocenters. The largest absolute Gasteiger partial charge is 0.493 e. The smallest absolute Gasteiger partial charge is 0.254 e. The lowest BCUT2D eigenvalue weighted by Gasteiger charge is -2.35. The number of methoxy groups -OCH3 is 3. The maximum Gasteiger partial charge on any atom is 0.254 e. The molecular weight excluding hydrogens is 318 g/mol. The van der Waals surface area contributed by atoms with Crippen LogP contribution in [0.15, 0.2) is 36.4 Å². The molecule has 25 heavy (non-hydrogen) atoms. The van der Waals surface area contributed by atoms with E-state index in [0.717, 1.165) is 6.42 Å². The van der Waals surface area contributed by atoms with Crippen LogP contribution in [0, 0.1) is 0 Å². The Hall–Kier alpha value is -2.69. The van der Waals surface area contributed by atoms with Crippen LogP contribution in [0.25, 0.3) is 0 Å². The van der Waals surface area contributed by atoms with Gasteiger partial charge in [0.05, 0.1) is 27.4 Å². The van der Waals surface area contributed by atoms with Gasteiger partial charge in [0.1, 0.15) is 0 Å². The molecule has 0 saturated heterocycles. The van der Waals surface area contributed by atoms with Crippen molar-refractivity contribution in [3.05, 3.63) is 53.1 Å². The van der Waals surface area contributed by atoms with E-state index in [1.54, 1.807) is 33.5 Å². The lowest BCUT2D eigenvalue weighted by Crippen LogP contribution is -2.38. The summed E-state index contributed by atoms with van der Waals surface area (Å²) in [5.41, 5.74) is 3.04. The van der Waals surface area contributed by atoms with Gasteiger partial charge in [0.25, 0.3) is 5.91 Å². The monoisotopic (exact) mass is 341 g/mol. The fourth-order valence-corrected chi connectivity index (χ4v) is 3.42. The fourth-order valence-electron chi connectivity index (χ4n) is 3.42. The number of ether oxygens (including phenoxy) is 3. The van der Waals surface area contributed by atoms with Gasteiger partial charge < -0.3 is 19.1 Å². The van der Waals surface area contributed by atoms with Crippen LogP contribution >= 0.6 is 0 Å². The maximum absolute atomic E-state index is 13.1. The van der Waals surface area contributed by atoms with Crippen LogP contribution in [0.3, 0.4) is 0 Å². The van der Waals surface area contributed by atoms with E-state index in [2.05, 4.69) is 19.1 Å². The van der Waals surface area contributed by atoms with Crippen LogP contribution in [-0.2, 0) is 6.42 Å². The first kappa shape index (κ1) is 17.1. The predicted octanol–water partition coefficient (Wildman–Crippen LogP) is 3.47. The molecule has 3 rings (SSSR count). The summed E-state index contributed by atoms with van der Waals surface area (Å²) in [6.07, 6.45) is 0.858. The third-order valence-electron chi connectivity index (χ3n) is 4.77. The Bertz CT molecular complexity index is 762. The van der Waals surface area contributed by atoms with Gasteiger partial charge in [-0.3, -0.25) is 4.79 Å². The Balaban J connectivity index is 1.96. The lowest BCUT2D eigenvalue weighted by molar-refractivity contribution is 0.0677. The number of rotatable bonds is 4. The molecule has 1 amide bonds. The number of benzene rings is 2. The minimum atomic E-state index is -0.0405. The summed E-state index contributed by atoms with van der Waals surface area (Å²) in [5.74, 6) is 1.41. The normalized spacial score (nSPS) is 16.2. The third-order valence-corrected chi connectivity index (χ3v) is 4.77. The van der Waals surface area contributed by atoms with Crippen LogP contribution in [0.1, 0.15) is 34.5 Å². The molecule has 5 heteroatoms. The minimum absolute atomic E-state index is 0.0246. The molecule has 0 aromatic heterocycles. The Kier molecular flexibility index (Phi) is 4.83. The molecule has 0 bridgehead atoms. The Morgan fingerprint density at radius 2 is 1.68 bits per heavy atom. The summed E-state index contributed by atoms with van der Waals surface area (Å²) in [5, 5.41) is 0. The number of amides is 1. The van der Waals surface area contributed by atoms with Gasteiger partial charge in [-0.15, -0.1) is 0 Å². The first-order valence-electron chi connectivity index (χ1n) is 8.29. The second-order valence-corrected chi connectivity index (χ2v) is 6.04. The lowest BCUT2D eigenvalue weighted by atomic mass is 9.93. The zero-order valence-electron chi connectivity index (χ0n) is 15.0. The molecule has 132 valence electrons. The predicted molar refractivity (Wildman–Crippen MR) is 95.7 cm³/mol. The first-order chi connectivity index (χ1) is 12.1. The van der Waals surface area contributed by atoms with E-state index in [4.69, 9.17) is 14.2 Å². The Labute approximate surface area is 148 Å². The van der Waals surface area contributed by atoms with Crippen LogP contribution in [-0.4, -0.2) is 38.7 Å². The van der Waals surface area contributed by atoms with Crippen molar-refractivity contribution in [1.82, 2.24) is 4.90 Å². The van der Waals surface area contributed by atoms with Crippen molar-refractivity contribution < 1.29 is 19.0 Å². The van der Waals surface area contributed by atoms with E-state index in [1.807, 2.05) is 17.0 Å². The molecular formula is C20H23NO4. The van der Waals surface area contributed by atoms with Gasteiger partial charge in [0, 0.05) is 12.1 Å². The second kappa shape index (κ2) is 7.05. The van der Waals surface area contributed by atoms with E-state index in [9.17, 15) is 4.79 Å². The number of nitrogens with zero attached hydrogens (tertiary/aromatic N) is 1. The van der Waals surface area contributed by atoms with E-state index in [1.165, 1.54) is 11.1 Å². The molecule has 2 aromatic rings. The quantitative estimate of drug-likeness (QED) is 0.854. The van der Waals surface area contributed by atoms with Gasteiger partial charge in [-0.2, -0.15) is 0 Å². The number of hydrogen-bond acceptors (Lipinski definition) is 4. The molecule has 0 fully saturated rings. The van der Waals surface area contributed by atoms with Crippen LogP contribution < -0.4 is 14.2 Å². The van der Waals surface area contributed by atoms with Crippen molar-refractivity contribution in [2.45, 2.75) is 19.4 Å². The number of carbonyl (C=O) groups excluding carboxylic acids is 1. The fraction of sp³-hybridized carbons (Fsp3) is 0.350. The van der Waals surface area contributed by atoms with Gasteiger partial charge in [-0.05, 0) is 36.6 Å². The van der Waals surface area contributed by atoms with E-state index >= 15 is 0 Å². The molecule has 0 N–H and O–H groups in total. The zero-order valence-corrected chi connectivity index (χ0v) is 15.0. The van der Waals surface area contributed by atoms with Gasteiger partial charge in [0.2, 0.25) is 5.75 Å². The second-order valence-electron chi connectivity index (χ2n) is 6.04. The highest BCUT2D eigenvalue weighted by molar-refractivity contribution is 5.96. The van der Waals surface area contributed by atoms with Gasteiger partial charge in [0.15, 0.2) is 11.5 Å². The molecule has 5 nitrogen and oxygen atoms in total.